The number of methoxy groups -OCH3 is 1. The molecule has 0 heterocycles. The molecule has 0 aromatic heterocycles. The molecular formula is C10H23Cl3N2O. The molecule has 0 saturated carbocycles. The van der Waals surface area contributed by atoms with Crippen LogP contribution < -0.4 is 12.4 Å². The molecule has 0 fully saturated rings. The monoisotopic (exact) mass is 292 g/mol. The lowest BCUT2D eigenvalue weighted by Crippen LogP contribution is -3.00. The third-order valence-electron chi connectivity index (χ3n) is 2.69. The molecule has 0 aliphatic rings. The minimum atomic E-state index is -0.189. The van der Waals surface area contributed by atoms with E-state index in [9.17, 15) is 0 Å². The van der Waals surface area contributed by atoms with E-state index in [0.717, 1.165) is 30.6 Å². The number of nitrogens with zero attached hydrogens (tertiary/aromatic N) is 2. The zero-order valence-corrected chi connectivity index (χ0v) is 13.0. The SMILES string of the molecule is COCC[N+](C)(C)CCC(C)(C)N(Cl)Cl.[Cl-]. The Morgan fingerprint density at radius 2 is 1.69 bits per heavy atom. The number of ether oxygens (including phenoxy) is 1. The van der Waals surface area contributed by atoms with E-state index in [4.69, 9.17) is 28.3 Å². The Labute approximate surface area is 116 Å². The smallest absolute Gasteiger partial charge is 0.102 e. The summed E-state index contributed by atoms with van der Waals surface area (Å²) in [5, 5.41) is 0. The molecule has 0 unspecified atom stereocenters. The first-order valence-corrected chi connectivity index (χ1v) is 5.82. The summed E-state index contributed by atoms with van der Waals surface area (Å²) in [6.45, 7) is 6.86. The molecular weight excluding hydrogens is 270 g/mol. The number of rotatable bonds is 7. The van der Waals surface area contributed by atoms with Gasteiger partial charge in [0.1, 0.15) is 6.54 Å². The van der Waals surface area contributed by atoms with Crippen LogP contribution in [-0.4, -0.2) is 54.9 Å². The van der Waals surface area contributed by atoms with Crippen LogP contribution in [-0.2, 0) is 4.74 Å². The third kappa shape index (κ3) is 7.93. The number of likely N-dealkylation sites (N-methyl/N-ethyl adjacent to an activating group) is 1. The van der Waals surface area contributed by atoms with Gasteiger partial charge in [-0.15, -0.1) is 3.94 Å². The van der Waals surface area contributed by atoms with Gasteiger partial charge in [-0.2, -0.15) is 0 Å². The summed E-state index contributed by atoms with van der Waals surface area (Å²) in [6, 6.07) is 0. The molecule has 0 aromatic rings. The highest BCUT2D eigenvalue weighted by molar-refractivity contribution is 6.34. The highest BCUT2D eigenvalue weighted by Gasteiger charge is 2.28. The highest BCUT2D eigenvalue weighted by atomic mass is 35.5. The maximum absolute atomic E-state index is 5.77. The number of hydrogen-bond donors (Lipinski definition) is 0. The van der Waals surface area contributed by atoms with Gasteiger partial charge < -0.3 is 21.6 Å². The Kier molecular flexibility index (Phi) is 9.50. The summed E-state index contributed by atoms with van der Waals surface area (Å²) in [5.41, 5.74) is -0.189. The highest BCUT2D eigenvalue weighted by Crippen LogP contribution is 2.24. The average Bonchev–Trinajstić information content (AvgIpc) is 2.12. The van der Waals surface area contributed by atoms with E-state index >= 15 is 0 Å². The van der Waals surface area contributed by atoms with Crippen LogP contribution in [0.2, 0.25) is 0 Å². The second kappa shape index (κ2) is 7.96. The van der Waals surface area contributed by atoms with Crippen molar-refractivity contribution in [2.24, 2.45) is 0 Å². The largest absolute Gasteiger partial charge is 1.00 e. The van der Waals surface area contributed by atoms with Crippen molar-refractivity contribution in [3.05, 3.63) is 0 Å². The quantitative estimate of drug-likeness (QED) is 0.463. The molecule has 100 valence electrons. The van der Waals surface area contributed by atoms with Crippen molar-refractivity contribution >= 4 is 23.6 Å². The molecule has 0 aliphatic carbocycles. The van der Waals surface area contributed by atoms with Gasteiger partial charge in [0.05, 0.1) is 32.8 Å². The van der Waals surface area contributed by atoms with Crippen LogP contribution in [0.1, 0.15) is 20.3 Å². The van der Waals surface area contributed by atoms with E-state index in [2.05, 4.69) is 14.1 Å². The predicted molar refractivity (Wildman–Crippen MR) is 66.0 cm³/mol. The van der Waals surface area contributed by atoms with Crippen molar-refractivity contribution in [3.63, 3.8) is 0 Å². The van der Waals surface area contributed by atoms with Crippen LogP contribution in [0, 0.1) is 0 Å². The number of quaternary nitrogens is 1. The summed E-state index contributed by atoms with van der Waals surface area (Å²) in [5.74, 6) is 0. The Morgan fingerprint density at radius 3 is 2.06 bits per heavy atom. The molecule has 0 radical (unpaired) electrons. The Bertz CT molecular complexity index is 187. The van der Waals surface area contributed by atoms with Gasteiger partial charge >= 0.3 is 0 Å². The van der Waals surface area contributed by atoms with Crippen molar-refractivity contribution in [3.8, 4) is 0 Å². The van der Waals surface area contributed by atoms with Gasteiger partial charge in [0.2, 0.25) is 0 Å². The molecule has 0 atom stereocenters. The molecule has 0 aliphatic heterocycles. The zero-order chi connectivity index (χ0) is 12.1. The van der Waals surface area contributed by atoms with Crippen molar-refractivity contribution < 1.29 is 21.6 Å². The van der Waals surface area contributed by atoms with E-state index in [1.54, 1.807) is 7.11 Å². The molecule has 16 heavy (non-hydrogen) atoms. The number of halogens is 3. The lowest BCUT2D eigenvalue weighted by Gasteiger charge is -2.34. The van der Waals surface area contributed by atoms with Crippen LogP contribution in [0.4, 0.5) is 0 Å². The summed E-state index contributed by atoms with van der Waals surface area (Å²) >= 11 is 11.5. The molecule has 0 bridgehead atoms. The van der Waals surface area contributed by atoms with Crippen LogP contribution in [0.5, 0.6) is 0 Å². The van der Waals surface area contributed by atoms with Gasteiger partial charge in [-0.05, 0) is 37.4 Å². The van der Waals surface area contributed by atoms with E-state index in [-0.39, 0.29) is 17.9 Å². The minimum absolute atomic E-state index is 0. The molecule has 0 spiro atoms. The molecule has 6 heteroatoms. The fourth-order valence-corrected chi connectivity index (χ4v) is 1.28. The van der Waals surface area contributed by atoms with E-state index in [1.807, 2.05) is 13.8 Å². The topological polar surface area (TPSA) is 12.5 Å². The van der Waals surface area contributed by atoms with Gasteiger partial charge in [-0.3, -0.25) is 0 Å². The van der Waals surface area contributed by atoms with Crippen LogP contribution in [0.3, 0.4) is 0 Å². The van der Waals surface area contributed by atoms with Gasteiger partial charge in [0, 0.05) is 13.5 Å². The molecule has 0 rings (SSSR count). The molecule has 0 saturated heterocycles. The van der Waals surface area contributed by atoms with Crippen LogP contribution in [0.25, 0.3) is 0 Å². The Morgan fingerprint density at radius 1 is 1.19 bits per heavy atom. The predicted octanol–water partition coefficient (Wildman–Crippen LogP) is -0.508. The third-order valence-corrected chi connectivity index (χ3v) is 3.60. The van der Waals surface area contributed by atoms with Crippen LogP contribution >= 0.6 is 23.6 Å². The normalized spacial score (nSPS) is 12.8. The Hall–Kier alpha value is 0.750. The number of hydrogen-bond acceptors (Lipinski definition) is 2. The first kappa shape index (κ1) is 19.1. The fraction of sp³-hybridized carbons (Fsp3) is 1.00. The van der Waals surface area contributed by atoms with E-state index in [0.29, 0.717) is 0 Å². The summed E-state index contributed by atoms with van der Waals surface area (Å²) < 4.78 is 7.23. The van der Waals surface area contributed by atoms with E-state index < -0.39 is 0 Å². The lowest BCUT2D eigenvalue weighted by atomic mass is 10.0. The Balaban J connectivity index is 0. The van der Waals surface area contributed by atoms with Gasteiger partial charge in [0.25, 0.3) is 0 Å². The lowest BCUT2D eigenvalue weighted by molar-refractivity contribution is -0.891. The second-order valence-corrected chi connectivity index (χ2v) is 6.02. The van der Waals surface area contributed by atoms with Gasteiger partial charge in [-0.1, -0.05) is 0 Å². The maximum atomic E-state index is 5.77. The molecule has 0 aromatic carbocycles. The summed E-state index contributed by atoms with van der Waals surface area (Å²) in [7, 11) is 6.09. The average molecular weight is 294 g/mol. The molecule has 3 nitrogen and oxygen atoms in total. The first-order valence-electron chi connectivity index (χ1n) is 5.14. The van der Waals surface area contributed by atoms with Crippen LogP contribution in [0.15, 0.2) is 0 Å². The van der Waals surface area contributed by atoms with Gasteiger partial charge in [0.15, 0.2) is 0 Å². The van der Waals surface area contributed by atoms with Crippen molar-refractivity contribution in [2.75, 3.05) is 40.9 Å². The fourth-order valence-electron chi connectivity index (χ4n) is 1.11. The van der Waals surface area contributed by atoms with Gasteiger partial charge in [-0.25, -0.2) is 0 Å². The zero-order valence-electron chi connectivity index (χ0n) is 10.8. The molecule has 0 amide bonds. The van der Waals surface area contributed by atoms with Crippen molar-refractivity contribution in [1.82, 2.24) is 3.94 Å². The standard InChI is InChI=1S/C10H23Cl2N2O.ClH/c1-10(2,13(11)12)6-7-14(3,4)8-9-15-5;/h6-9H2,1-5H3;1H/q+1;/p-1. The van der Waals surface area contributed by atoms with E-state index in [1.165, 1.54) is 3.94 Å². The maximum Gasteiger partial charge on any atom is 0.102 e. The first-order chi connectivity index (χ1) is 6.71. The van der Waals surface area contributed by atoms with Crippen molar-refractivity contribution in [1.29, 1.82) is 0 Å². The minimum Gasteiger partial charge on any atom is -1.00 e. The summed E-state index contributed by atoms with van der Waals surface area (Å²) in [4.78, 5) is 0. The molecule has 0 N–H and O–H groups in total. The second-order valence-electron chi connectivity index (χ2n) is 5.17. The van der Waals surface area contributed by atoms with Crippen molar-refractivity contribution in [2.45, 2.75) is 25.8 Å². The summed E-state index contributed by atoms with van der Waals surface area (Å²) in [6.07, 6.45) is 0.941.